The van der Waals surface area contributed by atoms with Gasteiger partial charge in [0.1, 0.15) is 5.65 Å². The van der Waals surface area contributed by atoms with Crippen molar-refractivity contribution in [1.29, 1.82) is 0 Å². The van der Waals surface area contributed by atoms with Gasteiger partial charge in [-0.1, -0.05) is 6.92 Å². The summed E-state index contributed by atoms with van der Waals surface area (Å²) in [5.41, 5.74) is -0.705. The molecular weight excluding hydrogens is 330 g/mol. The van der Waals surface area contributed by atoms with Crippen LogP contribution in [-0.2, 0) is 20.5 Å². The molecule has 0 aliphatic carbocycles. The lowest BCUT2D eigenvalue weighted by Crippen LogP contribution is -2.15. The van der Waals surface area contributed by atoms with Gasteiger partial charge in [-0.3, -0.25) is 4.40 Å². The highest BCUT2D eigenvalue weighted by molar-refractivity contribution is 7.91. The second-order valence-corrected chi connectivity index (χ2v) is 7.12. The molecule has 0 aliphatic heterocycles. The summed E-state index contributed by atoms with van der Waals surface area (Å²) in [6.07, 6.45) is 0.980. The molecule has 2 rings (SSSR count). The number of imidazole rings is 1. The Kier molecular flexibility index (Phi) is 4.43. The number of rotatable bonds is 5. The summed E-state index contributed by atoms with van der Waals surface area (Å²) in [6, 6.07) is 2.38. The fraction of sp³-hybridized carbons (Fsp3) is 0.429. The second kappa shape index (κ2) is 5.88. The van der Waals surface area contributed by atoms with Gasteiger partial charge in [-0.2, -0.15) is 0 Å². The highest BCUT2D eigenvalue weighted by atomic mass is 32.2. The van der Waals surface area contributed by atoms with E-state index in [-0.39, 0.29) is 23.6 Å². The van der Waals surface area contributed by atoms with E-state index in [1.165, 1.54) is 13.0 Å². The fourth-order valence-electron chi connectivity index (χ4n) is 2.05. The highest BCUT2D eigenvalue weighted by Crippen LogP contribution is 2.29. The molecule has 0 bridgehead atoms. The van der Waals surface area contributed by atoms with Crippen LogP contribution >= 0.6 is 0 Å². The number of carbonyl (C=O) groups is 1. The molecule has 126 valence electrons. The first-order valence-corrected chi connectivity index (χ1v) is 8.57. The molecule has 2 heterocycles. The lowest BCUT2D eigenvalue weighted by Gasteiger charge is -2.11. The summed E-state index contributed by atoms with van der Waals surface area (Å²) >= 11 is 0. The number of esters is 1. The summed E-state index contributed by atoms with van der Waals surface area (Å²) in [7, 11) is -3.88. The number of sulfone groups is 1. The molecule has 0 fully saturated rings. The highest BCUT2D eigenvalue weighted by Gasteiger charge is 2.31. The predicted molar refractivity (Wildman–Crippen MR) is 78.4 cm³/mol. The van der Waals surface area contributed by atoms with Crippen LogP contribution in [0.1, 0.15) is 36.8 Å². The van der Waals surface area contributed by atoms with Crippen molar-refractivity contribution in [2.75, 3.05) is 12.4 Å². The monoisotopic (exact) mass is 346 g/mol. The Labute approximate surface area is 132 Å². The third-order valence-corrected chi connectivity index (χ3v) is 4.96. The number of ether oxygens (including phenoxy) is 1. The Morgan fingerprint density at radius 2 is 2.00 bits per heavy atom. The van der Waals surface area contributed by atoms with Gasteiger partial charge in [0.05, 0.1) is 12.4 Å². The number of fused-ring (bicyclic) bond motifs is 1. The third kappa shape index (κ3) is 3.19. The maximum absolute atomic E-state index is 13.5. The molecule has 0 amide bonds. The molecule has 0 radical (unpaired) electrons. The van der Waals surface area contributed by atoms with Gasteiger partial charge in [-0.05, 0) is 19.1 Å². The first kappa shape index (κ1) is 17.3. The van der Waals surface area contributed by atoms with Gasteiger partial charge in [0.15, 0.2) is 20.6 Å². The third-order valence-electron chi connectivity index (χ3n) is 3.22. The molecular formula is C14H16F2N2O4S. The number of hydrogen-bond acceptors (Lipinski definition) is 5. The van der Waals surface area contributed by atoms with Crippen LogP contribution in [0, 0.1) is 0 Å². The number of halogens is 2. The number of hydrogen-bond donors (Lipinski definition) is 0. The molecule has 0 N–H and O–H groups in total. The molecule has 0 atom stereocenters. The van der Waals surface area contributed by atoms with E-state index in [1.54, 1.807) is 6.92 Å². The standard InChI is InChI=1S/C14H16F2N2O4S/c1-4-22-13(19)11-12(23(20,21)5-2)18-8-9(14(3,15)16)6-7-10(18)17-11/h6-8H,4-5H2,1-3H3. The van der Waals surface area contributed by atoms with Gasteiger partial charge in [-0.15, -0.1) is 0 Å². The predicted octanol–water partition coefficient (Wildman–Crippen LogP) is 2.42. The second-order valence-electron chi connectivity index (χ2n) is 4.92. The van der Waals surface area contributed by atoms with E-state index in [2.05, 4.69) is 4.98 Å². The molecule has 23 heavy (non-hydrogen) atoms. The zero-order valence-electron chi connectivity index (χ0n) is 12.8. The lowest BCUT2D eigenvalue weighted by atomic mass is 10.2. The van der Waals surface area contributed by atoms with Crippen molar-refractivity contribution < 1.29 is 26.7 Å². The Morgan fingerprint density at radius 1 is 1.35 bits per heavy atom. The van der Waals surface area contributed by atoms with Crippen LogP contribution in [-0.4, -0.2) is 36.1 Å². The maximum atomic E-state index is 13.5. The number of pyridine rings is 1. The first-order valence-electron chi connectivity index (χ1n) is 6.92. The van der Waals surface area contributed by atoms with Gasteiger partial charge < -0.3 is 4.74 Å². The molecule has 0 aliphatic rings. The first-order chi connectivity index (χ1) is 10.6. The molecule has 6 nitrogen and oxygen atoms in total. The minimum absolute atomic E-state index is 0.0383. The zero-order valence-corrected chi connectivity index (χ0v) is 13.7. The minimum Gasteiger partial charge on any atom is -0.461 e. The summed E-state index contributed by atoms with van der Waals surface area (Å²) in [5.74, 6) is -4.37. The summed E-state index contributed by atoms with van der Waals surface area (Å²) in [4.78, 5) is 15.9. The molecule has 0 unspecified atom stereocenters. The topological polar surface area (TPSA) is 77.7 Å². The van der Waals surface area contributed by atoms with Gasteiger partial charge in [-0.25, -0.2) is 27.0 Å². The van der Waals surface area contributed by atoms with E-state index in [0.29, 0.717) is 6.92 Å². The van der Waals surface area contributed by atoms with Crippen LogP contribution in [0.5, 0.6) is 0 Å². The molecule has 0 saturated carbocycles. The van der Waals surface area contributed by atoms with Crippen LogP contribution in [0.25, 0.3) is 5.65 Å². The van der Waals surface area contributed by atoms with Crippen LogP contribution in [0.15, 0.2) is 23.4 Å². The quantitative estimate of drug-likeness (QED) is 0.777. The Balaban J connectivity index is 2.82. The fourth-order valence-corrected chi connectivity index (χ4v) is 3.19. The minimum atomic E-state index is -3.88. The summed E-state index contributed by atoms with van der Waals surface area (Å²) < 4.78 is 57.4. The van der Waals surface area contributed by atoms with Crippen LogP contribution < -0.4 is 0 Å². The van der Waals surface area contributed by atoms with Crippen molar-refractivity contribution in [2.24, 2.45) is 0 Å². The van der Waals surface area contributed by atoms with Crippen molar-refractivity contribution in [1.82, 2.24) is 9.38 Å². The van der Waals surface area contributed by atoms with Crippen LogP contribution in [0.4, 0.5) is 8.78 Å². The molecule has 0 aromatic carbocycles. The van der Waals surface area contributed by atoms with E-state index in [4.69, 9.17) is 4.74 Å². The van der Waals surface area contributed by atoms with Crippen molar-refractivity contribution in [2.45, 2.75) is 31.7 Å². The maximum Gasteiger partial charge on any atom is 0.359 e. The lowest BCUT2D eigenvalue weighted by molar-refractivity contribution is 0.0170. The number of aromatic nitrogens is 2. The van der Waals surface area contributed by atoms with E-state index in [9.17, 15) is 22.0 Å². The summed E-state index contributed by atoms with van der Waals surface area (Å²) in [5, 5.41) is -0.431. The van der Waals surface area contributed by atoms with Gasteiger partial charge >= 0.3 is 5.97 Å². The van der Waals surface area contributed by atoms with Crippen molar-refractivity contribution in [3.05, 3.63) is 29.6 Å². The van der Waals surface area contributed by atoms with Gasteiger partial charge in [0, 0.05) is 18.7 Å². The molecule has 2 aromatic heterocycles. The van der Waals surface area contributed by atoms with Crippen molar-refractivity contribution in [3.8, 4) is 0 Å². The SMILES string of the molecule is CCOC(=O)c1nc2ccc(C(C)(F)F)cn2c1S(=O)(=O)CC. The van der Waals surface area contributed by atoms with E-state index >= 15 is 0 Å². The zero-order chi connectivity index (χ0) is 17.4. The van der Waals surface area contributed by atoms with E-state index < -0.39 is 32.4 Å². The molecule has 0 spiro atoms. The molecule has 9 heteroatoms. The van der Waals surface area contributed by atoms with Gasteiger partial charge in [0.2, 0.25) is 0 Å². The average molecular weight is 346 g/mol. The number of carbonyl (C=O) groups excluding carboxylic acids is 1. The van der Waals surface area contributed by atoms with Crippen LogP contribution in [0.2, 0.25) is 0 Å². The number of alkyl halides is 2. The smallest absolute Gasteiger partial charge is 0.359 e. The Bertz CT molecular complexity index is 854. The molecule has 2 aromatic rings. The number of nitrogens with zero attached hydrogens (tertiary/aromatic N) is 2. The average Bonchev–Trinajstić information content (AvgIpc) is 2.85. The Morgan fingerprint density at radius 3 is 2.52 bits per heavy atom. The largest absolute Gasteiger partial charge is 0.461 e. The van der Waals surface area contributed by atoms with Gasteiger partial charge in [0.25, 0.3) is 5.92 Å². The normalized spacial score (nSPS) is 12.6. The summed E-state index contributed by atoms with van der Waals surface area (Å²) in [6.45, 7) is 3.70. The van der Waals surface area contributed by atoms with Crippen molar-refractivity contribution >= 4 is 21.5 Å². The Hall–Kier alpha value is -2.03. The van der Waals surface area contributed by atoms with Crippen LogP contribution in [0.3, 0.4) is 0 Å². The van der Waals surface area contributed by atoms with E-state index in [1.807, 2.05) is 0 Å². The van der Waals surface area contributed by atoms with E-state index in [0.717, 1.165) is 16.7 Å². The molecule has 0 saturated heterocycles. The van der Waals surface area contributed by atoms with Crippen molar-refractivity contribution in [3.63, 3.8) is 0 Å².